The number of hydrogen-bond acceptors (Lipinski definition) is 8. The molecule has 11 heteroatoms. The van der Waals surface area contributed by atoms with Crippen molar-refractivity contribution < 1.29 is 14.5 Å². The van der Waals surface area contributed by atoms with Gasteiger partial charge in [-0.25, -0.2) is 9.78 Å². The minimum absolute atomic E-state index is 0.0659. The molecule has 2 N–H and O–H groups in total. The summed E-state index contributed by atoms with van der Waals surface area (Å²) in [6.07, 6.45) is 2.92. The number of anilines is 2. The molecule has 1 fully saturated rings. The number of carbonyl (C=O) groups is 1. The first-order chi connectivity index (χ1) is 14.9. The molecule has 2 unspecified atom stereocenters. The zero-order valence-electron chi connectivity index (χ0n) is 18.9. The molecule has 32 heavy (non-hydrogen) atoms. The number of nitrogens with zero attached hydrogens (tertiary/aromatic N) is 5. The summed E-state index contributed by atoms with van der Waals surface area (Å²) in [5.74, 6) is 0.375. The van der Waals surface area contributed by atoms with Crippen LogP contribution < -0.4 is 10.6 Å². The van der Waals surface area contributed by atoms with Gasteiger partial charge in [-0.3, -0.25) is 4.90 Å². The van der Waals surface area contributed by atoms with Gasteiger partial charge < -0.3 is 25.5 Å². The van der Waals surface area contributed by atoms with Crippen LogP contribution in [-0.2, 0) is 4.74 Å². The van der Waals surface area contributed by atoms with Crippen LogP contribution in [0.5, 0.6) is 0 Å². The summed E-state index contributed by atoms with van der Waals surface area (Å²) >= 11 is 3.11. The Labute approximate surface area is 196 Å². The Balaban J connectivity index is 0.000000303. The van der Waals surface area contributed by atoms with Gasteiger partial charge in [-0.15, -0.1) is 0 Å². The molecule has 3 rings (SSSR count). The summed E-state index contributed by atoms with van der Waals surface area (Å²) in [4.78, 5) is 33.6. The van der Waals surface area contributed by atoms with Gasteiger partial charge in [0.25, 0.3) is 0 Å². The molecule has 0 bridgehead atoms. The Bertz CT molecular complexity index is 905. The van der Waals surface area contributed by atoms with Crippen molar-refractivity contribution in [2.75, 3.05) is 23.7 Å². The first-order valence-electron chi connectivity index (χ1n) is 10.1. The van der Waals surface area contributed by atoms with E-state index >= 15 is 0 Å². The second kappa shape index (κ2) is 10.6. The molecule has 0 saturated carbocycles. The largest absolute Gasteiger partial charge is 0.444 e. The summed E-state index contributed by atoms with van der Waals surface area (Å²) in [6, 6.07) is 6.80. The second-order valence-corrected chi connectivity index (χ2v) is 9.44. The average molecular weight is 509 g/mol. The van der Waals surface area contributed by atoms with Crippen LogP contribution in [0, 0.1) is 10.1 Å². The van der Waals surface area contributed by atoms with Gasteiger partial charge in [0, 0.05) is 19.2 Å². The maximum Gasteiger partial charge on any atom is 0.410 e. The number of pyridine rings is 2. The van der Waals surface area contributed by atoms with Crippen molar-refractivity contribution in [3.8, 4) is 0 Å². The normalized spacial score (nSPS) is 18.4. The number of rotatable bonds is 2. The topological polar surface area (TPSA) is 128 Å². The fourth-order valence-electron chi connectivity index (χ4n) is 3.27. The highest BCUT2D eigenvalue weighted by Gasteiger charge is 2.35. The summed E-state index contributed by atoms with van der Waals surface area (Å²) in [5.41, 5.74) is 6.18. The lowest BCUT2D eigenvalue weighted by atomic mass is 10.1. The minimum atomic E-state index is -0.535. The van der Waals surface area contributed by atoms with E-state index in [4.69, 9.17) is 10.5 Å². The number of ether oxygens (including phenoxy) is 1. The molecule has 1 aliphatic heterocycles. The van der Waals surface area contributed by atoms with Gasteiger partial charge in [0.05, 0.1) is 28.4 Å². The molecule has 1 amide bonds. The van der Waals surface area contributed by atoms with Crippen LogP contribution in [0.1, 0.15) is 34.6 Å². The quantitative estimate of drug-likeness (QED) is 0.470. The Kier molecular flexibility index (Phi) is 8.37. The van der Waals surface area contributed by atoms with Gasteiger partial charge in [0.2, 0.25) is 0 Å². The molecule has 10 nitrogen and oxygen atoms in total. The van der Waals surface area contributed by atoms with Crippen LogP contribution in [0.15, 0.2) is 41.1 Å². The van der Waals surface area contributed by atoms with E-state index < -0.39 is 10.5 Å². The van der Waals surface area contributed by atoms with Crippen molar-refractivity contribution in [1.82, 2.24) is 14.9 Å². The van der Waals surface area contributed by atoms with Crippen LogP contribution in [0.25, 0.3) is 0 Å². The molecule has 0 radical (unpaired) electrons. The van der Waals surface area contributed by atoms with Crippen LogP contribution >= 0.6 is 15.9 Å². The number of hydrogen-bond donors (Lipinski definition) is 1. The molecule has 0 aliphatic carbocycles. The van der Waals surface area contributed by atoms with Crippen LogP contribution in [0.2, 0.25) is 0 Å². The third kappa shape index (κ3) is 7.33. The maximum atomic E-state index is 12.4. The van der Waals surface area contributed by atoms with Crippen LogP contribution in [-0.4, -0.2) is 56.7 Å². The number of nitrogens with two attached hydrogens (primary N) is 1. The highest BCUT2D eigenvalue weighted by atomic mass is 79.9. The van der Waals surface area contributed by atoms with E-state index in [-0.39, 0.29) is 24.0 Å². The van der Waals surface area contributed by atoms with E-state index in [1.54, 1.807) is 18.3 Å². The lowest BCUT2D eigenvalue weighted by molar-refractivity contribution is -0.389. The molecule has 2 atom stereocenters. The highest BCUT2D eigenvalue weighted by molar-refractivity contribution is 9.10. The monoisotopic (exact) mass is 508 g/mol. The smallest absolute Gasteiger partial charge is 0.410 e. The van der Waals surface area contributed by atoms with E-state index in [0.29, 0.717) is 5.82 Å². The Morgan fingerprint density at radius 3 is 2.22 bits per heavy atom. The highest BCUT2D eigenvalue weighted by Crippen LogP contribution is 2.24. The molecule has 1 saturated heterocycles. The van der Waals surface area contributed by atoms with E-state index in [1.165, 1.54) is 12.3 Å². The molecule has 3 heterocycles. The zero-order valence-corrected chi connectivity index (χ0v) is 20.4. The number of piperazine rings is 1. The molecule has 1 aliphatic rings. The molecule has 2 aromatic rings. The van der Waals surface area contributed by atoms with Crippen molar-refractivity contribution in [2.45, 2.75) is 52.3 Å². The first-order valence-corrected chi connectivity index (χ1v) is 10.9. The summed E-state index contributed by atoms with van der Waals surface area (Å²) < 4.78 is 6.25. The summed E-state index contributed by atoms with van der Waals surface area (Å²) in [5, 5.41) is 10.0. The SMILES string of the molecule is CC1CN(c2ccc(N)nc2)CC(C)N1C(=O)OC(C)(C)C.O=[N+]([O-])c1ccc(Br)cn1. The number of halogens is 1. The van der Waals surface area contributed by atoms with Crippen molar-refractivity contribution >= 4 is 39.3 Å². The van der Waals surface area contributed by atoms with Crippen molar-refractivity contribution in [3.05, 3.63) is 51.2 Å². The second-order valence-electron chi connectivity index (χ2n) is 8.52. The molecule has 2 aromatic heterocycles. The third-order valence-corrected chi connectivity index (χ3v) is 5.03. The standard InChI is InChI=1S/C16H26N4O2.C5H3BrN2O2/c1-11-9-19(13-6-7-14(17)18-8-13)10-12(2)20(11)15(21)22-16(3,4)5;6-4-1-2-5(7-3-4)8(9)10/h6-8,11-12H,9-10H2,1-5H3,(H2,17,18);1-3H. The zero-order chi connectivity index (χ0) is 24.1. The van der Waals surface area contributed by atoms with E-state index in [0.717, 1.165) is 23.2 Å². The van der Waals surface area contributed by atoms with E-state index in [1.807, 2.05) is 45.6 Å². The Hall–Kier alpha value is -2.95. The van der Waals surface area contributed by atoms with Gasteiger partial charge in [-0.1, -0.05) is 0 Å². The number of nitrogen functional groups attached to an aromatic ring is 1. The summed E-state index contributed by atoms with van der Waals surface area (Å²) in [6.45, 7) is 11.2. The minimum Gasteiger partial charge on any atom is -0.444 e. The van der Waals surface area contributed by atoms with E-state index in [9.17, 15) is 14.9 Å². The van der Waals surface area contributed by atoms with E-state index in [2.05, 4.69) is 30.8 Å². The first kappa shape index (κ1) is 25.3. The van der Waals surface area contributed by atoms with Gasteiger partial charge >= 0.3 is 11.9 Å². The van der Waals surface area contributed by atoms with Crippen molar-refractivity contribution in [1.29, 1.82) is 0 Å². The van der Waals surface area contributed by atoms with Gasteiger partial charge in [-0.05, 0) is 78.7 Å². The number of nitro groups is 1. The van der Waals surface area contributed by atoms with Crippen LogP contribution in [0.3, 0.4) is 0 Å². The van der Waals surface area contributed by atoms with Crippen molar-refractivity contribution in [3.63, 3.8) is 0 Å². The number of carbonyl (C=O) groups excluding carboxylic acids is 1. The van der Waals surface area contributed by atoms with Crippen LogP contribution in [0.4, 0.5) is 22.1 Å². The fourth-order valence-corrected chi connectivity index (χ4v) is 3.50. The maximum absolute atomic E-state index is 12.4. The molecular formula is C21H29BrN6O4. The van der Waals surface area contributed by atoms with Gasteiger partial charge in [0.15, 0.2) is 6.20 Å². The molecule has 174 valence electrons. The summed E-state index contributed by atoms with van der Waals surface area (Å²) in [7, 11) is 0. The molecule has 0 aromatic carbocycles. The lowest BCUT2D eigenvalue weighted by Crippen LogP contribution is -2.59. The van der Waals surface area contributed by atoms with Gasteiger partial charge in [0.1, 0.15) is 11.4 Å². The third-order valence-electron chi connectivity index (χ3n) is 4.56. The number of amides is 1. The molecule has 0 spiro atoms. The predicted molar refractivity (Wildman–Crippen MR) is 126 cm³/mol. The molecular weight excluding hydrogens is 480 g/mol. The van der Waals surface area contributed by atoms with Crippen molar-refractivity contribution in [2.24, 2.45) is 0 Å². The number of aromatic nitrogens is 2. The predicted octanol–water partition coefficient (Wildman–Crippen LogP) is 4.25. The average Bonchev–Trinajstić information content (AvgIpc) is 2.67. The van der Waals surface area contributed by atoms with Gasteiger partial charge in [-0.2, -0.15) is 0 Å². The lowest BCUT2D eigenvalue weighted by Gasteiger charge is -2.45. The fraction of sp³-hybridized carbons (Fsp3) is 0.476. The Morgan fingerprint density at radius 2 is 1.78 bits per heavy atom. The Morgan fingerprint density at radius 1 is 1.16 bits per heavy atom.